The summed E-state index contributed by atoms with van der Waals surface area (Å²) in [4.78, 5) is 0. The normalized spacial score (nSPS) is 18.1. The van der Waals surface area contributed by atoms with E-state index < -0.39 is 0 Å². The molecule has 27 heavy (non-hydrogen) atoms. The van der Waals surface area contributed by atoms with Gasteiger partial charge in [0.2, 0.25) is 0 Å². The Hall–Kier alpha value is -2.78. The monoisotopic (exact) mass is 360 g/mol. The van der Waals surface area contributed by atoms with Gasteiger partial charge in [0.05, 0.1) is 18.8 Å². The van der Waals surface area contributed by atoms with E-state index in [1.807, 2.05) is 54.6 Å². The molecule has 1 fully saturated rings. The highest BCUT2D eigenvalue weighted by Crippen LogP contribution is 2.29. The van der Waals surface area contributed by atoms with Crippen molar-refractivity contribution >= 4 is 0 Å². The third-order valence-corrected chi connectivity index (χ3v) is 4.78. The molecular formula is C24H24O3. The molecule has 2 atom stereocenters. The van der Waals surface area contributed by atoms with Crippen molar-refractivity contribution in [3.05, 3.63) is 78.9 Å². The minimum Gasteiger partial charge on any atom is -0.493 e. The van der Waals surface area contributed by atoms with Crippen molar-refractivity contribution < 1.29 is 14.2 Å². The zero-order valence-corrected chi connectivity index (χ0v) is 15.5. The van der Waals surface area contributed by atoms with E-state index in [4.69, 9.17) is 14.2 Å². The molecule has 1 aliphatic rings. The van der Waals surface area contributed by atoms with E-state index >= 15 is 0 Å². The summed E-state index contributed by atoms with van der Waals surface area (Å²) in [6, 6.07) is 26.2. The van der Waals surface area contributed by atoms with Gasteiger partial charge in [0.25, 0.3) is 0 Å². The number of benzene rings is 3. The van der Waals surface area contributed by atoms with Gasteiger partial charge in [-0.25, -0.2) is 0 Å². The summed E-state index contributed by atoms with van der Waals surface area (Å²) in [5.41, 5.74) is 2.31. The van der Waals surface area contributed by atoms with Crippen molar-refractivity contribution in [2.24, 2.45) is 0 Å². The summed E-state index contributed by atoms with van der Waals surface area (Å²) in [5.74, 6) is 2.57. The van der Waals surface area contributed by atoms with E-state index in [2.05, 4.69) is 31.2 Å². The average molecular weight is 360 g/mol. The molecule has 1 aliphatic heterocycles. The maximum Gasteiger partial charge on any atom is 0.127 e. The van der Waals surface area contributed by atoms with Crippen LogP contribution in [0, 0.1) is 0 Å². The lowest BCUT2D eigenvalue weighted by Gasteiger charge is -2.08. The summed E-state index contributed by atoms with van der Waals surface area (Å²) in [5, 5.41) is 0. The fraction of sp³-hybridized carbons (Fsp3) is 0.250. The lowest BCUT2D eigenvalue weighted by atomic mass is 10.1. The molecule has 1 heterocycles. The van der Waals surface area contributed by atoms with Crippen LogP contribution in [0.15, 0.2) is 78.9 Å². The van der Waals surface area contributed by atoms with Gasteiger partial charge < -0.3 is 14.2 Å². The van der Waals surface area contributed by atoms with Crippen LogP contribution in [0.25, 0.3) is 11.1 Å². The Balaban J connectivity index is 1.31. The van der Waals surface area contributed by atoms with Crippen LogP contribution in [0.5, 0.6) is 17.2 Å². The first-order chi connectivity index (χ1) is 13.3. The SMILES string of the molecule is CCC1OC1CCOc1ccc(-c2ccc(Oc3ccccc3)cc2)cc1. The first kappa shape index (κ1) is 17.6. The molecule has 0 radical (unpaired) electrons. The molecule has 4 rings (SSSR count). The average Bonchev–Trinajstić information content (AvgIpc) is 3.49. The van der Waals surface area contributed by atoms with Gasteiger partial charge in [-0.15, -0.1) is 0 Å². The summed E-state index contributed by atoms with van der Waals surface area (Å²) in [7, 11) is 0. The summed E-state index contributed by atoms with van der Waals surface area (Å²) >= 11 is 0. The second kappa shape index (κ2) is 8.28. The van der Waals surface area contributed by atoms with Crippen molar-refractivity contribution in [1.29, 1.82) is 0 Å². The number of rotatable bonds is 8. The van der Waals surface area contributed by atoms with Crippen LogP contribution < -0.4 is 9.47 Å². The second-order valence-corrected chi connectivity index (χ2v) is 6.72. The molecule has 0 N–H and O–H groups in total. The van der Waals surface area contributed by atoms with E-state index in [0.717, 1.165) is 41.2 Å². The molecule has 0 saturated carbocycles. The molecule has 0 bridgehead atoms. The van der Waals surface area contributed by atoms with Crippen molar-refractivity contribution in [2.45, 2.75) is 32.0 Å². The van der Waals surface area contributed by atoms with Crippen molar-refractivity contribution in [3.8, 4) is 28.4 Å². The summed E-state index contributed by atoms with van der Waals surface area (Å²) in [6.45, 7) is 2.86. The van der Waals surface area contributed by atoms with Gasteiger partial charge in [-0.2, -0.15) is 0 Å². The van der Waals surface area contributed by atoms with Crippen LogP contribution >= 0.6 is 0 Å². The molecule has 0 aromatic heterocycles. The molecule has 3 aromatic rings. The molecule has 3 aromatic carbocycles. The molecule has 1 saturated heterocycles. The second-order valence-electron chi connectivity index (χ2n) is 6.72. The zero-order chi connectivity index (χ0) is 18.5. The van der Waals surface area contributed by atoms with Gasteiger partial charge in [-0.1, -0.05) is 49.4 Å². The van der Waals surface area contributed by atoms with E-state index in [-0.39, 0.29) is 0 Å². The molecule has 3 heteroatoms. The molecule has 138 valence electrons. The Labute approximate surface area is 160 Å². The highest BCUT2D eigenvalue weighted by molar-refractivity contribution is 5.65. The zero-order valence-electron chi connectivity index (χ0n) is 15.5. The lowest BCUT2D eigenvalue weighted by Crippen LogP contribution is -2.03. The van der Waals surface area contributed by atoms with Gasteiger partial charge in [-0.05, 0) is 53.9 Å². The van der Waals surface area contributed by atoms with E-state index in [1.165, 1.54) is 0 Å². The smallest absolute Gasteiger partial charge is 0.127 e. The standard InChI is InChI=1S/C24H24O3/c1-2-23-24(27-23)16-17-25-20-12-8-18(9-13-20)19-10-14-22(15-11-19)26-21-6-4-3-5-7-21/h3-15,23-24H,2,16-17H2,1H3. The Morgan fingerprint density at radius 1 is 0.704 bits per heavy atom. The van der Waals surface area contributed by atoms with Gasteiger partial charge in [0.15, 0.2) is 0 Å². The lowest BCUT2D eigenvalue weighted by molar-refractivity contribution is 0.280. The highest BCUT2D eigenvalue weighted by atomic mass is 16.6. The largest absolute Gasteiger partial charge is 0.493 e. The van der Waals surface area contributed by atoms with E-state index in [0.29, 0.717) is 18.8 Å². The predicted octanol–water partition coefficient (Wildman–Crippen LogP) is 6.09. The minimum atomic E-state index is 0.394. The van der Waals surface area contributed by atoms with E-state index in [9.17, 15) is 0 Å². The summed E-state index contributed by atoms with van der Waals surface area (Å²) in [6.07, 6.45) is 2.90. The molecule has 3 nitrogen and oxygen atoms in total. The maximum absolute atomic E-state index is 5.84. The fourth-order valence-electron chi connectivity index (χ4n) is 3.17. The van der Waals surface area contributed by atoms with Crippen molar-refractivity contribution in [1.82, 2.24) is 0 Å². The Morgan fingerprint density at radius 3 is 1.89 bits per heavy atom. The van der Waals surface area contributed by atoms with Crippen molar-refractivity contribution in [3.63, 3.8) is 0 Å². The minimum absolute atomic E-state index is 0.394. The fourth-order valence-corrected chi connectivity index (χ4v) is 3.17. The quantitative estimate of drug-likeness (QED) is 0.455. The molecular weight excluding hydrogens is 336 g/mol. The van der Waals surface area contributed by atoms with Crippen LogP contribution in [0.1, 0.15) is 19.8 Å². The van der Waals surface area contributed by atoms with Crippen LogP contribution in [-0.2, 0) is 4.74 Å². The van der Waals surface area contributed by atoms with Crippen molar-refractivity contribution in [2.75, 3.05) is 6.61 Å². The molecule has 2 unspecified atom stereocenters. The van der Waals surface area contributed by atoms with Crippen LogP contribution in [0.4, 0.5) is 0 Å². The van der Waals surface area contributed by atoms with E-state index in [1.54, 1.807) is 0 Å². The van der Waals surface area contributed by atoms with Gasteiger partial charge in [0.1, 0.15) is 17.2 Å². The number of hydrogen-bond acceptors (Lipinski definition) is 3. The third kappa shape index (κ3) is 4.69. The Kier molecular flexibility index (Phi) is 5.40. The number of ether oxygens (including phenoxy) is 3. The predicted molar refractivity (Wildman–Crippen MR) is 107 cm³/mol. The maximum atomic E-state index is 5.84. The van der Waals surface area contributed by atoms with Crippen LogP contribution in [0.2, 0.25) is 0 Å². The first-order valence-electron chi connectivity index (χ1n) is 9.53. The Bertz CT molecular complexity index is 841. The number of para-hydroxylation sites is 1. The number of hydrogen-bond donors (Lipinski definition) is 0. The third-order valence-electron chi connectivity index (χ3n) is 4.78. The molecule has 0 spiro atoms. The summed E-state index contributed by atoms with van der Waals surface area (Å²) < 4.78 is 17.2. The van der Waals surface area contributed by atoms with Crippen LogP contribution in [-0.4, -0.2) is 18.8 Å². The molecule has 0 amide bonds. The molecule has 0 aliphatic carbocycles. The highest BCUT2D eigenvalue weighted by Gasteiger charge is 2.36. The van der Waals surface area contributed by atoms with Gasteiger partial charge in [0, 0.05) is 6.42 Å². The topological polar surface area (TPSA) is 31.0 Å². The first-order valence-corrected chi connectivity index (χ1v) is 9.53. The number of epoxide rings is 1. The van der Waals surface area contributed by atoms with Gasteiger partial charge >= 0.3 is 0 Å². The van der Waals surface area contributed by atoms with Crippen LogP contribution in [0.3, 0.4) is 0 Å². The van der Waals surface area contributed by atoms with Gasteiger partial charge in [-0.3, -0.25) is 0 Å². The Morgan fingerprint density at radius 2 is 1.30 bits per heavy atom.